The van der Waals surface area contributed by atoms with Crippen molar-refractivity contribution in [1.82, 2.24) is 19.3 Å². The van der Waals surface area contributed by atoms with Crippen molar-refractivity contribution in [3.05, 3.63) is 47.5 Å². The minimum absolute atomic E-state index is 0.139. The van der Waals surface area contributed by atoms with Gasteiger partial charge < -0.3 is 5.32 Å². The van der Waals surface area contributed by atoms with E-state index in [1.165, 1.54) is 4.31 Å². The van der Waals surface area contributed by atoms with Gasteiger partial charge in [0.05, 0.1) is 10.4 Å². The van der Waals surface area contributed by atoms with Crippen LogP contribution < -0.4 is 5.32 Å². The second-order valence-electron chi connectivity index (χ2n) is 8.46. The molecule has 170 valence electrons. The molecule has 3 aromatic rings. The molecule has 1 unspecified atom stereocenters. The molecular weight excluding hydrogens is 426 g/mol. The fourth-order valence-electron chi connectivity index (χ4n) is 4.35. The molecule has 1 aliphatic rings. The number of aryl methyl sites for hydroxylation is 3. The van der Waals surface area contributed by atoms with E-state index in [-0.39, 0.29) is 10.8 Å². The first-order chi connectivity index (χ1) is 15.3. The topological polar surface area (TPSA) is 97.2 Å². The highest BCUT2D eigenvalue weighted by molar-refractivity contribution is 7.89. The van der Waals surface area contributed by atoms with Gasteiger partial charge in [0.1, 0.15) is 11.6 Å². The van der Waals surface area contributed by atoms with E-state index in [2.05, 4.69) is 15.6 Å². The van der Waals surface area contributed by atoms with Crippen molar-refractivity contribution < 1.29 is 13.2 Å². The van der Waals surface area contributed by atoms with Crippen LogP contribution in [-0.2, 0) is 21.4 Å². The Labute approximate surface area is 188 Å². The highest BCUT2D eigenvalue weighted by Crippen LogP contribution is 2.28. The monoisotopic (exact) mass is 455 g/mol. The van der Waals surface area contributed by atoms with Gasteiger partial charge in [0.25, 0.3) is 0 Å². The van der Waals surface area contributed by atoms with Gasteiger partial charge in [-0.2, -0.15) is 4.31 Å². The molecule has 1 amide bonds. The lowest BCUT2D eigenvalue weighted by molar-refractivity contribution is -0.120. The van der Waals surface area contributed by atoms with Crippen molar-refractivity contribution in [3.8, 4) is 0 Å². The van der Waals surface area contributed by atoms with Gasteiger partial charge in [-0.05, 0) is 74.6 Å². The van der Waals surface area contributed by atoms with Gasteiger partial charge in [0, 0.05) is 18.8 Å². The number of carbonyl (C=O) groups excluding carboxylic acids is 1. The number of nitrogens with zero attached hydrogens (tertiary/aromatic N) is 4. The summed E-state index contributed by atoms with van der Waals surface area (Å²) in [7, 11) is -3.86. The second-order valence-corrected chi connectivity index (χ2v) is 10.3. The molecule has 2 aromatic carbocycles. The molecule has 0 aliphatic carbocycles. The average Bonchev–Trinajstić information content (AvgIpc) is 3.15. The molecule has 1 aliphatic heterocycles. The number of aromatic nitrogens is 3. The number of fused-ring (bicyclic) bond motifs is 1. The molecule has 0 bridgehead atoms. The van der Waals surface area contributed by atoms with Crippen molar-refractivity contribution in [1.29, 1.82) is 0 Å². The Kier molecular flexibility index (Phi) is 6.30. The van der Waals surface area contributed by atoms with Gasteiger partial charge in [-0.1, -0.05) is 24.6 Å². The standard InChI is InChI=1S/C23H29N5O3S/c1-4-10-27-21-9-8-19(15-20(21)25-26-27)32(30,31)28-11-6-5-7-22(28)23(29)24-18-13-16(2)12-17(3)14-18/h8-9,12-15,22H,4-7,10-11H2,1-3H3,(H,24,29). The summed E-state index contributed by atoms with van der Waals surface area (Å²) < 4.78 is 30.2. The molecule has 32 heavy (non-hydrogen) atoms. The molecule has 0 saturated carbocycles. The van der Waals surface area contributed by atoms with Gasteiger partial charge in [-0.15, -0.1) is 5.10 Å². The van der Waals surface area contributed by atoms with Crippen LogP contribution in [0.15, 0.2) is 41.3 Å². The van der Waals surface area contributed by atoms with Crippen LogP contribution in [0.3, 0.4) is 0 Å². The maximum absolute atomic E-state index is 13.5. The Morgan fingerprint density at radius 1 is 1.12 bits per heavy atom. The molecule has 1 saturated heterocycles. The molecule has 8 nitrogen and oxygen atoms in total. The first kappa shape index (κ1) is 22.4. The predicted molar refractivity (Wildman–Crippen MR) is 124 cm³/mol. The summed E-state index contributed by atoms with van der Waals surface area (Å²) in [5.41, 5.74) is 4.10. The minimum Gasteiger partial charge on any atom is -0.325 e. The van der Waals surface area contributed by atoms with Gasteiger partial charge in [-0.25, -0.2) is 13.1 Å². The molecule has 0 radical (unpaired) electrons. The maximum atomic E-state index is 13.5. The quantitative estimate of drug-likeness (QED) is 0.612. The Morgan fingerprint density at radius 2 is 1.88 bits per heavy atom. The van der Waals surface area contributed by atoms with Crippen LogP contribution in [0, 0.1) is 13.8 Å². The highest BCUT2D eigenvalue weighted by Gasteiger charge is 2.38. The zero-order chi connectivity index (χ0) is 22.9. The zero-order valence-electron chi connectivity index (χ0n) is 18.7. The molecule has 1 N–H and O–H groups in total. The summed E-state index contributed by atoms with van der Waals surface area (Å²) in [4.78, 5) is 13.3. The third kappa shape index (κ3) is 4.40. The number of hydrogen-bond acceptors (Lipinski definition) is 5. The van der Waals surface area contributed by atoms with Crippen LogP contribution in [0.4, 0.5) is 5.69 Å². The van der Waals surface area contributed by atoms with Gasteiger partial charge >= 0.3 is 0 Å². The zero-order valence-corrected chi connectivity index (χ0v) is 19.5. The Hall–Kier alpha value is -2.78. The fourth-order valence-corrected chi connectivity index (χ4v) is 6.03. The van der Waals surface area contributed by atoms with Crippen molar-refractivity contribution in [2.45, 2.75) is 63.9 Å². The average molecular weight is 456 g/mol. The first-order valence-electron chi connectivity index (χ1n) is 11.0. The number of sulfonamides is 1. The van der Waals surface area contributed by atoms with Crippen LogP contribution in [0.5, 0.6) is 0 Å². The number of benzene rings is 2. The smallest absolute Gasteiger partial charge is 0.243 e. The van der Waals surface area contributed by atoms with Gasteiger partial charge in [0.2, 0.25) is 15.9 Å². The molecule has 4 rings (SSSR count). The number of anilines is 1. The number of amides is 1. The Morgan fingerprint density at radius 3 is 2.59 bits per heavy atom. The summed E-state index contributed by atoms with van der Waals surface area (Å²) in [6, 6.07) is 9.94. The van der Waals surface area contributed by atoms with Crippen LogP contribution in [0.2, 0.25) is 0 Å². The number of hydrogen-bond donors (Lipinski definition) is 1. The molecule has 2 heterocycles. The summed E-state index contributed by atoms with van der Waals surface area (Å²) in [6.07, 6.45) is 2.93. The van der Waals surface area contributed by atoms with Crippen LogP contribution in [0.25, 0.3) is 11.0 Å². The fraction of sp³-hybridized carbons (Fsp3) is 0.435. The van der Waals surface area contributed by atoms with Crippen molar-refractivity contribution in [2.75, 3.05) is 11.9 Å². The third-order valence-electron chi connectivity index (χ3n) is 5.77. The SMILES string of the molecule is CCCn1nnc2cc(S(=O)(=O)N3CCCCC3C(=O)Nc3cc(C)cc(C)c3)ccc21. The number of rotatable bonds is 6. The van der Waals surface area contributed by atoms with E-state index in [1.807, 2.05) is 39.0 Å². The summed E-state index contributed by atoms with van der Waals surface area (Å²) in [5, 5.41) is 11.2. The van der Waals surface area contributed by atoms with Crippen LogP contribution in [-0.4, -0.2) is 46.2 Å². The number of nitrogens with one attached hydrogen (secondary N) is 1. The summed E-state index contributed by atoms with van der Waals surface area (Å²) >= 11 is 0. The normalized spacial score (nSPS) is 17.5. The summed E-state index contributed by atoms with van der Waals surface area (Å²) in [6.45, 7) is 7.01. The van der Waals surface area contributed by atoms with Gasteiger partial charge in [0.15, 0.2) is 0 Å². The largest absolute Gasteiger partial charge is 0.325 e. The van der Waals surface area contributed by atoms with E-state index >= 15 is 0 Å². The van der Waals surface area contributed by atoms with E-state index in [0.29, 0.717) is 24.2 Å². The van der Waals surface area contributed by atoms with E-state index in [0.717, 1.165) is 42.5 Å². The summed E-state index contributed by atoms with van der Waals surface area (Å²) in [5.74, 6) is -0.298. The van der Waals surface area contributed by atoms with E-state index in [1.54, 1.807) is 22.9 Å². The third-order valence-corrected chi connectivity index (χ3v) is 7.68. The molecule has 9 heteroatoms. The molecular formula is C23H29N5O3S. The predicted octanol–water partition coefficient (Wildman–Crippen LogP) is 3.64. The molecule has 1 fully saturated rings. The molecule has 1 atom stereocenters. The lowest BCUT2D eigenvalue weighted by Gasteiger charge is -2.33. The van der Waals surface area contributed by atoms with Crippen LogP contribution >= 0.6 is 0 Å². The lowest BCUT2D eigenvalue weighted by atomic mass is 10.0. The molecule has 1 aromatic heterocycles. The second kappa shape index (κ2) is 8.99. The van der Waals surface area contributed by atoms with Gasteiger partial charge in [-0.3, -0.25) is 4.79 Å². The number of piperidine rings is 1. The van der Waals surface area contributed by atoms with Crippen molar-refractivity contribution >= 4 is 32.7 Å². The highest BCUT2D eigenvalue weighted by atomic mass is 32.2. The minimum atomic E-state index is -3.86. The van der Waals surface area contributed by atoms with E-state index in [9.17, 15) is 13.2 Å². The maximum Gasteiger partial charge on any atom is 0.243 e. The lowest BCUT2D eigenvalue weighted by Crippen LogP contribution is -2.49. The molecule has 0 spiro atoms. The van der Waals surface area contributed by atoms with Crippen molar-refractivity contribution in [2.24, 2.45) is 0 Å². The van der Waals surface area contributed by atoms with Crippen LogP contribution in [0.1, 0.15) is 43.7 Å². The first-order valence-corrected chi connectivity index (χ1v) is 12.5. The van der Waals surface area contributed by atoms with E-state index in [4.69, 9.17) is 0 Å². The van der Waals surface area contributed by atoms with E-state index < -0.39 is 16.1 Å². The number of carbonyl (C=O) groups is 1. The van der Waals surface area contributed by atoms with Crippen molar-refractivity contribution in [3.63, 3.8) is 0 Å². The Balaban J connectivity index is 1.62. The Bertz CT molecular complexity index is 1230.